The predicted molar refractivity (Wildman–Crippen MR) is 99.9 cm³/mol. The highest BCUT2D eigenvalue weighted by atomic mass is 16.2. The van der Waals surface area contributed by atoms with E-state index < -0.39 is 0 Å². The van der Waals surface area contributed by atoms with Gasteiger partial charge in [-0.25, -0.2) is 0 Å². The minimum atomic E-state index is -0.148. The smallest absolute Gasteiger partial charge is 0.269 e. The van der Waals surface area contributed by atoms with Gasteiger partial charge in [0.25, 0.3) is 11.8 Å². The second-order valence-corrected chi connectivity index (χ2v) is 5.95. The topological polar surface area (TPSA) is 87.2 Å². The standard InChI is InChI=1S/C19H25N5O2/c1-24(14-6-12-22-18(25)16-8-2-4-10-20-16)15-7-13-23-19(26)17-9-3-5-11-21-17/h2-5,8-11H,6-7,12-15H2,1H3,(H,22,25)(H,23,26). The van der Waals surface area contributed by atoms with Gasteiger partial charge in [0.2, 0.25) is 0 Å². The molecule has 0 saturated carbocycles. The number of hydrogen-bond donors (Lipinski definition) is 2. The third-order valence-electron chi connectivity index (χ3n) is 3.80. The number of rotatable bonds is 10. The molecule has 0 fully saturated rings. The van der Waals surface area contributed by atoms with Crippen LogP contribution in [0.2, 0.25) is 0 Å². The van der Waals surface area contributed by atoms with Gasteiger partial charge in [0.15, 0.2) is 0 Å². The number of nitrogens with one attached hydrogen (secondary N) is 2. The maximum atomic E-state index is 11.8. The molecule has 0 atom stereocenters. The molecule has 2 heterocycles. The Bertz CT molecular complexity index is 619. The Hall–Kier alpha value is -2.80. The predicted octanol–water partition coefficient (Wildman–Crippen LogP) is 1.35. The molecule has 0 spiro atoms. The van der Waals surface area contributed by atoms with Crippen molar-refractivity contribution in [3.63, 3.8) is 0 Å². The van der Waals surface area contributed by atoms with Gasteiger partial charge in [-0.2, -0.15) is 0 Å². The van der Waals surface area contributed by atoms with Crippen LogP contribution in [0.15, 0.2) is 48.8 Å². The van der Waals surface area contributed by atoms with Gasteiger partial charge < -0.3 is 15.5 Å². The molecule has 2 aromatic heterocycles. The van der Waals surface area contributed by atoms with Crippen LogP contribution in [0.5, 0.6) is 0 Å². The highest BCUT2D eigenvalue weighted by Gasteiger charge is 2.06. The summed E-state index contributed by atoms with van der Waals surface area (Å²) in [6, 6.07) is 10.5. The largest absolute Gasteiger partial charge is 0.351 e. The van der Waals surface area contributed by atoms with E-state index in [1.807, 2.05) is 7.05 Å². The van der Waals surface area contributed by atoms with Gasteiger partial charge in [0.1, 0.15) is 11.4 Å². The zero-order valence-electron chi connectivity index (χ0n) is 15.0. The molecule has 0 radical (unpaired) electrons. The van der Waals surface area contributed by atoms with E-state index in [2.05, 4.69) is 25.5 Å². The molecule has 0 aliphatic rings. The lowest BCUT2D eigenvalue weighted by Gasteiger charge is -2.16. The first-order valence-corrected chi connectivity index (χ1v) is 8.74. The Morgan fingerprint density at radius 2 is 1.31 bits per heavy atom. The minimum absolute atomic E-state index is 0.148. The molecule has 0 aliphatic heterocycles. The summed E-state index contributed by atoms with van der Waals surface area (Å²) in [4.78, 5) is 33.9. The van der Waals surface area contributed by atoms with Crippen LogP contribution in [0.1, 0.15) is 33.8 Å². The molecule has 2 N–H and O–H groups in total. The van der Waals surface area contributed by atoms with Crippen molar-refractivity contribution in [3.8, 4) is 0 Å². The Kier molecular flexibility index (Phi) is 8.21. The van der Waals surface area contributed by atoms with Crippen LogP contribution in [-0.2, 0) is 0 Å². The highest BCUT2D eigenvalue weighted by Crippen LogP contribution is 1.95. The van der Waals surface area contributed by atoms with E-state index >= 15 is 0 Å². The van der Waals surface area contributed by atoms with Crippen LogP contribution in [0.4, 0.5) is 0 Å². The normalized spacial score (nSPS) is 10.5. The van der Waals surface area contributed by atoms with Crippen molar-refractivity contribution in [1.82, 2.24) is 25.5 Å². The third-order valence-corrected chi connectivity index (χ3v) is 3.80. The highest BCUT2D eigenvalue weighted by molar-refractivity contribution is 5.92. The molecule has 2 amide bonds. The molecule has 0 bridgehead atoms. The third kappa shape index (κ3) is 6.98. The lowest BCUT2D eigenvalue weighted by atomic mass is 10.3. The van der Waals surface area contributed by atoms with Crippen LogP contribution in [0, 0.1) is 0 Å². The number of nitrogens with zero attached hydrogens (tertiary/aromatic N) is 3. The SMILES string of the molecule is CN(CCCNC(=O)c1ccccn1)CCCNC(=O)c1ccccn1. The fourth-order valence-corrected chi connectivity index (χ4v) is 2.39. The molecule has 2 aromatic rings. The zero-order chi connectivity index (χ0) is 18.6. The van der Waals surface area contributed by atoms with Gasteiger partial charge in [0, 0.05) is 25.5 Å². The first-order chi connectivity index (χ1) is 12.7. The van der Waals surface area contributed by atoms with Crippen molar-refractivity contribution in [1.29, 1.82) is 0 Å². The van der Waals surface area contributed by atoms with E-state index in [-0.39, 0.29) is 11.8 Å². The molecular formula is C19H25N5O2. The van der Waals surface area contributed by atoms with Gasteiger partial charge in [0.05, 0.1) is 0 Å². The maximum absolute atomic E-state index is 11.8. The molecule has 26 heavy (non-hydrogen) atoms. The lowest BCUT2D eigenvalue weighted by Crippen LogP contribution is -2.31. The summed E-state index contributed by atoms with van der Waals surface area (Å²) in [7, 11) is 2.03. The van der Waals surface area contributed by atoms with Crippen molar-refractivity contribution in [2.24, 2.45) is 0 Å². The van der Waals surface area contributed by atoms with Crippen LogP contribution in [0.3, 0.4) is 0 Å². The van der Waals surface area contributed by atoms with E-state index in [0.29, 0.717) is 24.5 Å². The number of pyridine rings is 2. The zero-order valence-corrected chi connectivity index (χ0v) is 15.0. The van der Waals surface area contributed by atoms with Gasteiger partial charge in [-0.3, -0.25) is 19.6 Å². The number of hydrogen-bond acceptors (Lipinski definition) is 5. The molecular weight excluding hydrogens is 330 g/mol. The van der Waals surface area contributed by atoms with Crippen LogP contribution in [-0.4, -0.2) is 59.9 Å². The van der Waals surface area contributed by atoms with Crippen molar-refractivity contribution < 1.29 is 9.59 Å². The molecule has 0 unspecified atom stereocenters. The van der Waals surface area contributed by atoms with Crippen molar-refractivity contribution in [2.75, 3.05) is 33.2 Å². The van der Waals surface area contributed by atoms with Crippen LogP contribution >= 0.6 is 0 Å². The summed E-state index contributed by atoms with van der Waals surface area (Å²) >= 11 is 0. The number of aromatic nitrogens is 2. The van der Waals surface area contributed by atoms with Crippen molar-refractivity contribution in [2.45, 2.75) is 12.8 Å². The first kappa shape index (κ1) is 19.5. The number of carbonyl (C=O) groups is 2. The molecule has 7 heteroatoms. The number of amides is 2. The second-order valence-electron chi connectivity index (χ2n) is 5.95. The first-order valence-electron chi connectivity index (χ1n) is 8.74. The fourth-order valence-electron chi connectivity index (χ4n) is 2.39. The maximum Gasteiger partial charge on any atom is 0.269 e. The molecule has 2 rings (SSSR count). The molecule has 138 valence electrons. The van der Waals surface area contributed by atoms with Gasteiger partial charge in [-0.15, -0.1) is 0 Å². The molecule has 0 aliphatic carbocycles. The average molecular weight is 355 g/mol. The van der Waals surface area contributed by atoms with Crippen LogP contribution < -0.4 is 10.6 Å². The van der Waals surface area contributed by atoms with Gasteiger partial charge in [-0.1, -0.05) is 12.1 Å². The number of carbonyl (C=O) groups excluding carboxylic acids is 2. The monoisotopic (exact) mass is 355 g/mol. The Morgan fingerprint density at radius 3 is 1.69 bits per heavy atom. The Morgan fingerprint density at radius 1 is 0.846 bits per heavy atom. The van der Waals surface area contributed by atoms with Gasteiger partial charge >= 0.3 is 0 Å². The fraction of sp³-hybridized carbons (Fsp3) is 0.368. The summed E-state index contributed by atoms with van der Waals surface area (Å²) in [6.45, 7) is 2.96. The summed E-state index contributed by atoms with van der Waals surface area (Å²) in [5.41, 5.74) is 0.869. The second kappa shape index (κ2) is 10.9. The van der Waals surface area contributed by atoms with Crippen LogP contribution in [0.25, 0.3) is 0 Å². The Labute approximate surface area is 153 Å². The molecule has 0 aromatic carbocycles. The van der Waals surface area contributed by atoms with E-state index in [0.717, 1.165) is 25.9 Å². The van der Waals surface area contributed by atoms with Crippen molar-refractivity contribution in [3.05, 3.63) is 60.2 Å². The summed E-state index contributed by atoms with van der Waals surface area (Å²) < 4.78 is 0. The summed E-state index contributed by atoms with van der Waals surface area (Å²) in [5, 5.41) is 5.73. The van der Waals surface area contributed by atoms with E-state index in [1.165, 1.54) is 0 Å². The molecule has 0 saturated heterocycles. The Balaban J connectivity index is 1.52. The quantitative estimate of drug-likeness (QED) is 0.628. The van der Waals surface area contributed by atoms with E-state index in [9.17, 15) is 9.59 Å². The lowest BCUT2D eigenvalue weighted by molar-refractivity contribution is 0.0941. The van der Waals surface area contributed by atoms with E-state index in [4.69, 9.17) is 0 Å². The molecule has 7 nitrogen and oxygen atoms in total. The summed E-state index contributed by atoms with van der Waals surface area (Å²) in [5.74, 6) is -0.295. The van der Waals surface area contributed by atoms with Crippen molar-refractivity contribution >= 4 is 11.8 Å². The summed E-state index contributed by atoms with van der Waals surface area (Å²) in [6.07, 6.45) is 4.93. The van der Waals surface area contributed by atoms with E-state index in [1.54, 1.807) is 48.8 Å². The minimum Gasteiger partial charge on any atom is -0.351 e. The average Bonchev–Trinajstić information content (AvgIpc) is 2.69. The van der Waals surface area contributed by atoms with Gasteiger partial charge in [-0.05, 0) is 57.2 Å².